The molecule has 0 atom stereocenters. The first kappa shape index (κ1) is 13.3. The number of benzene rings is 1. The monoisotopic (exact) mass is 248 g/mol. The Bertz CT molecular complexity index is 369. The van der Waals surface area contributed by atoms with Gasteiger partial charge in [-0.3, -0.25) is 0 Å². The lowest BCUT2D eigenvalue weighted by atomic mass is 10.0. The SMILES string of the molecule is COc1ccc(CCCCCC2CC2)cc1OC. The number of aryl methyl sites for hydroxylation is 1. The number of hydrogen-bond acceptors (Lipinski definition) is 2. The molecule has 1 aromatic rings. The molecule has 0 aromatic heterocycles. The van der Waals surface area contributed by atoms with E-state index in [1.165, 1.54) is 44.1 Å². The molecule has 1 aromatic carbocycles. The van der Waals surface area contributed by atoms with Gasteiger partial charge >= 0.3 is 0 Å². The maximum absolute atomic E-state index is 5.32. The zero-order valence-corrected chi connectivity index (χ0v) is 11.6. The largest absolute Gasteiger partial charge is 0.493 e. The Morgan fingerprint density at radius 2 is 1.78 bits per heavy atom. The molecular weight excluding hydrogens is 224 g/mol. The number of unbranched alkanes of at least 4 members (excludes halogenated alkanes) is 2. The summed E-state index contributed by atoms with van der Waals surface area (Å²) in [5.74, 6) is 2.73. The summed E-state index contributed by atoms with van der Waals surface area (Å²) in [7, 11) is 3.37. The maximum atomic E-state index is 5.32. The van der Waals surface area contributed by atoms with Crippen molar-refractivity contribution in [2.24, 2.45) is 5.92 Å². The van der Waals surface area contributed by atoms with Crippen molar-refractivity contribution in [3.63, 3.8) is 0 Å². The molecule has 0 radical (unpaired) electrons. The number of hydrogen-bond donors (Lipinski definition) is 0. The van der Waals surface area contributed by atoms with E-state index in [4.69, 9.17) is 9.47 Å². The Hall–Kier alpha value is -1.18. The van der Waals surface area contributed by atoms with E-state index in [-0.39, 0.29) is 0 Å². The average Bonchev–Trinajstić information content (AvgIpc) is 3.22. The highest BCUT2D eigenvalue weighted by atomic mass is 16.5. The van der Waals surface area contributed by atoms with Crippen LogP contribution in [0.3, 0.4) is 0 Å². The third-order valence-corrected chi connectivity index (χ3v) is 3.72. The van der Waals surface area contributed by atoms with Crippen molar-refractivity contribution < 1.29 is 9.47 Å². The van der Waals surface area contributed by atoms with Gasteiger partial charge in [-0.1, -0.05) is 38.2 Å². The Morgan fingerprint density at radius 1 is 1.00 bits per heavy atom. The van der Waals surface area contributed by atoms with E-state index in [9.17, 15) is 0 Å². The minimum Gasteiger partial charge on any atom is -0.493 e. The van der Waals surface area contributed by atoms with Crippen LogP contribution in [0.4, 0.5) is 0 Å². The fourth-order valence-corrected chi connectivity index (χ4v) is 2.38. The van der Waals surface area contributed by atoms with E-state index in [1.54, 1.807) is 14.2 Å². The van der Waals surface area contributed by atoms with Gasteiger partial charge in [-0.05, 0) is 36.5 Å². The van der Waals surface area contributed by atoms with Crippen LogP contribution in [0.25, 0.3) is 0 Å². The standard InChI is InChI=1S/C16H24O2/c1-17-15-11-10-14(12-16(15)18-2)7-5-3-4-6-13-8-9-13/h10-13H,3-9H2,1-2H3. The van der Waals surface area contributed by atoms with Crippen molar-refractivity contribution in [3.8, 4) is 11.5 Å². The van der Waals surface area contributed by atoms with Crippen LogP contribution < -0.4 is 9.47 Å². The fraction of sp³-hybridized carbons (Fsp3) is 0.625. The van der Waals surface area contributed by atoms with Crippen molar-refractivity contribution in [2.45, 2.75) is 44.9 Å². The lowest BCUT2D eigenvalue weighted by molar-refractivity contribution is 0.354. The van der Waals surface area contributed by atoms with E-state index in [2.05, 4.69) is 12.1 Å². The van der Waals surface area contributed by atoms with Crippen LogP contribution in [0, 0.1) is 5.92 Å². The molecular formula is C16H24O2. The molecule has 0 N–H and O–H groups in total. The molecule has 1 saturated carbocycles. The topological polar surface area (TPSA) is 18.5 Å². The molecule has 0 aliphatic heterocycles. The summed E-state index contributed by atoms with van der Waals surface area (Å²) in [5, 5.41) is 0. The highest BCUT2D eigenvalue weighted by Gasteiger charge is 2.19. The summed E-state index contributed by atoms with van der Waals surface area (Å²) in [6, 6.07) is 6.24. The summed E-state index contributed by atoms with van der Waals surface area (Å²) in [5.41, 5.74) is 1.35. The average molecular weight is 248 g/mol. The highest BCUT2D eigenvalue weighted by molar-refractivity contribution is 5.42. The Balaban J connectivity index is 1.73. The van der Waals surface area contributed by atoms with Gasteiger partial charge in [0.2, 0.25) is 0 Å². The molecule has 1 aliphatic rings. The second-order valence-corrected chi connectivity index (χ2v) is 5.23. The van der Waals surface area contributed by atoms with E-state index in [1.807, 2.05) is 6.07 Å². The number of ether oxygens (including phenoxy) is 2. The summed E-state index contributed by atoms with van der Waals surface area (Å²) >= 11 is 0. The molecule has 100 valence electrons. The highest BCUT2D eigenvalue weighted by Crippen LogP contribution is 2.34. The van der Waals surface area contributed by atoms with Crippen molar-refractivity contribution in [2.75, 3.05) is 14.2 Å². The zero-order valence-electron chi connectivity index (χ0n) is 11.6. The summed E-state index contributed by atoms with van der Waals surface area (Å²) < 4.78 is 10.6. The first-order valence-corrected chi connectivity index (χ1v) is 7.04. The van der Waals surface area contributed by atoms with E-state index >= 15 is 0 Å². The van der Waals surface area contributed by atoms with Crippen molar-refractivity contribution in [1.29, 1.82) is 0 Å². The van der Waals surface area contributed by atoms with Gasteiger partial charge in [-0.15, -0.1) is 0 Å². The lowest BCUT2D eigenvalue weighted by Gasteiger charge is -2.09. The Morgan fingerprint density at radius 3 is 2.44 bits per heavy atom. The summed E-state index contributed by atoms with van der Waals surface area (Å²) in [6.07, 6.45) is 9.59. The first-order valence-electron chi connectivity index (χ1n) is 7.04. The van der Waals surface area contributed by atoms with Gasteiger partial charge in [0.05, 0.1) is 14.2 Å². The van der Waals surface area contributed by atoms with Gasteiger partial charge in [0.15, 0.2) is 11.5 Å². The predicted molar refractivity (Wildman–Crippen MR) is 74.4 cm³/mol. The molecule has 2 nitrogen and oxygen atoms in total. The number of methoxy groups -OCH3 is 2. The summed E-state index contributed by atoms with van der Waals surface area (Å²) in [6.45, 7) is 0. The maximum Gasteiger partial charge on any atom is 0.160 e. The van der Waals surface area contributed by atoms with Gasteiger partial charge in [-0.2, -0.15) is 0 Å². The van der Waals surface area contributed by atoms with Gasteiger partial charge in [0.25, 0.3) is 0 Å². The van der Waals surface area contributed by atoms with Gasteiger partial charge in [0, 0.05) is 0 Å². The third-order valence-electron chi connectivity index (χ3n) is 3.72. The molecule has 1 aliphatic carbocycles. The number of rotatable bonds is 8. The molecule has 0 amide bonds. The molecule has 2 heteroatoms. The normalized spacial score (nSPS) is 14.6. The molecule has 18 heavy (non-hydrogen) atoms. The molecule has 0 spiro atoms. The Labute approximate surface area is 110 Å². The van der Waals surface area contributed by atoms with Crippen LogP contribution in [0.15, 0.2) is 18.2 Å². The zero-order chi connectivity index (χ0) is 12.8. The minimum atomic E-state index is 0.815. The second kappa shape index (κ2) is 6.67. The smallest absolute Gasteiger partial charge is 0.160 e. The van der Waals surface area contributed by atoms with Gasteiger partial charge in [0.1, 0.15) is 0 Å². The quantitative estimate of drug-likeness (QED) is 0.641. The lowest BCUT2D eigenvalue weighted by Crippen LogP contribution is -1.93. The first-order chi connectivity index (χ1) is 8.83. The third kappa shape index (κ3) is 3.94. The predicted octanol–water partition coefficient (Wildman–Crippen LogP) is 4.22. The molecule has 0 bridgehead atoms. The van der Waals surface area contributed by atoms with Crippen LogP contribution in [0.2, 0.25) is 0 Å². The van der Waals surface area contributed by atoms with Crippen LogP contribution in [0.5, 0.6) is 11.5 Å². The van der Waals surface area contributed by atoms with E-state index < -0.39 is 0 Å². The van der Waals surface area contributed by atoms with Crippen LogP contribution in [-0.4, -0.2) is 14.2 Å². The van der Waals surface area contributed by atoms with Crippen molar-refractivity contribution >= 4 is 0 Å². The van der Waals surface area contributed by atoms with E-state index in [0.717, 1.165) is 23.8 Å². The van der Waals surface area contributed by atoms with Gasteiger partial charge < -0.3 is 9.47 Å². The van der Waals surface area contributed by atoms with Crippen LogP contribution in [-0.2, 0) is 6.42 Å². The van der Waals surface area contributed by atoms with Crippen molar-refractivity contribution in [1.82, 2.24) is 0 Å². The molecule has 1 fully saturated rings. The van der Waals surface area contributed by atoms with E-state index in [0.29, 0.717) is 0 Å². The second-order valence-electron chi connectivity index (χ2n) is 5.23. The fourth-order valence-electron chi connectivity index (χ4n) is 2.38. The molecule has 0 unspecified atom stereocenters. The molecule has 0 heterocycles. The van der Waals surface area contributed by atoms with Crippen molar-refractivity contribution in [3.05, 3.63) is 23.8 Å². The summed E-state index contributed by atoms with van der Waals surface area (Å²) in [4.78, 5) is 0. The van der Waals surface area contributed by atoms with Crippen LogP contribution in [0.1, 0.15) is 44.1 Å². The molecule has 2 rings (SSSR count). The van der Waals surface area contributed by atoms with Crippen LogP contribution >= 0.6 is 0 Å². The molecule has 0 saturated heterocycles. The minimum absolute atomic E-state index is 0.815. The van der Waals surface area contributed by atoms with Gasteiger partial charge in [-0.25, -0.2) is 0 Å². The Kier molecular flexibility index (Phi) is 4.91.